The Morgan fingerprint density at radius 3 is 2.17 bits per heavy atom. The molecule has 1 aromatic carbocycles. The zero-order valence-corrected chi connectivity index (χ0v) is 15.7. The van der Waals surface area contributed by atoms with Gasteiger partial charge in [0.15, 0.2) is 0 Å². The minimum absolute atomic E-state index is 0.0657. The number of halogens is 6. The Morgan fingerprint density at radius 1 is 1.07 bits per heavy atom. The van der Waals surface area contributed by atoms with Crippen LogP contribution in [0.3, 0.4) is 0 Å². The first-order chi connectivity index (χ1) is 13.9. The SMILES string of the molecule is O=C(NCc1ccccc1)[C@H]1CC12CCN(C(=O)OC(C(F)(F)F)C(F)(F)F)CC2. The van der Waals surface area contributed by atoms with Crippen molar-refractivity contribution in [3.8, 4) is 0 Å². The summed E-state index contributed by atoms with van der Waals surface area (Å²) in [6.45, 7) is 0.231. The van der Waals surface area contributed by atoms with Gasteiger partial charge in [0.1, 0.15) is 0 Å². The first kappa shape index (κ1) is 22.2. The van der Waals surface area contributed by atoms with E-state index in [1.165, 1.54) is 0 Å². The number of rotatable bonds is 4. The van der Waals surface area contributed by atoms with Crippen LogP contribution in [0.2, 0.25) is 0 Å². The number of benzene rings is 1. The molecule has 1 aromatic rings. The highest BCUT2D eigenvalue weighted by Gasteiger charge is 2.61. The summed E-state index contributed by atoms with van der Waals surface area (Å²) in [7, 11) is 0. The molecule has 0 aromatic heterocycles. The van der Waals surface area contributed by atoms with Crippen LogP contribution in [0.5, 0.6) is 0 Å². The first-order valence-electron chi connectivity index (χ1n) is 9.33. The van der Waals surface area contributed by atoms with Gasteiger partial charge in [-0.1, -0.05) is 30.3 Å². The molecule has 1 N–H and O–H groups in total. The Balaban J connectivity index is 1.49. The predicted molar refractivity (Wildman–Crippen MR) is 92.0 cm³/mol. The summed E-state index contributed by atoms with van der Waals surface area (Å²) in [5.74, 6) is -0.429. The second kappa shape index (κ2) is 7.99. The smallest absolute Gasteiger partial charge is 0.426 e. The molecule has 1 saturated carbocycles. The number of nitrogens with zero attached hydrogens (tertiary/aromatic N) is 1. The number of alkyl halides is 6. The summed E-state index contributed by atoms with van der Waals surface area (Å²) >= 11 is 0. The van der Waals surface area contributed by atoms with Crippen LogP contribution in [0.4, 0.5) is 31.1 Å². The standard InChI is InChI=1S/C19H20F6N2O3/c20-18(21,22)15(19(23,24)25)30-16(29)27-8-6-17(7-9-27)10-13(17)14(28)26-11-12-4-2-1-3-5-12/h1-5,13,15H,6-11H2,(H,26,28)/t13-/m1/s1. The number of ether oxygens (including phenoxy) is 1. The van der Waals surface area contributed by atoms with Gasteiger partial charge in [-0.05, 0) is 30.2 Å². The van der Waals surface area contributed by atoms with Gasteiger partial charge in [0, 0.05) is 25.6 Å². The average molecular weight is 438 g/mol. The van der Waals surface area contributed by atoms with E-state index in [4.69, 9.17) is 0 Å². The predicted octanol–water partition coefficient (Wildman–Crippen LogP) is 4.03. The fourth-order valence-electron chi connectivity index (χ4n) is 3.81. The third-order valence-electron chi connectivity index (χ3n) is 5.65. The minimum atomic E-state index is -5.75. The number of carbonyl (C=O) groups excluding carboxylic acids is 2. The Bertz CT molecular complexity index is 759. The van der Waals surface area contributed by atoms with E-state index in [0.717, 1.165) is 10.5 Å². The van der Waals surface area contributed by atoms with E-state index in [0.29, 0.717) is 25.8 Å². The fraction of sp³-hybridized carbons (Fsp3) is 0.579. The highest BCUT2D eigenvalue weighted by molar-refractivity contribution is 5.82. The van der Waals surface area contributed by atoms with Gasteiger partial charge in [-0.3, -0.25) is 4.79 Å². The van der Waals surface area contributed by atoms with E-state index in [-0.39, 0.29) is 30.3 Å². The zero-order valence-electron chi connectivity index (χ0n) is 15.7. The van der Waals surface area contributed by atoms with Crippen molar-refractivity contribution in [1.29, 1.82) is 0 Å². The summed E-state index contributed by atoms with van der Waals surface area (Å²) in [6, 6.07) is 9.27. The van der Waals surface area contributed by atoms with E-state index >= 15 is 0 Å². The number of carbonyl (C=O) groups is 2. The van der Waals surface area contributed by atoms with Gasteiger partial charge in [-0.25, -0.2) is 4.79 Å². The van der Waals surface area contributed by atoms with E-state index in [9.17, 15) is 35.9 Å². The molecule has 1 atom stereocenters. The molecule has 1 saturated heterocycles. The summed E-state index contributed by atoms with van der Waals surface area (Å²) in [5, 5.41) is 2.83. The van der Waals surface area contributed by atoms with E-state index in [1.54, 1.807) is 0 Å². The molecule has 5 nitrogen and oxygen atoms in total. The van der Waals surface area contributed by atoms with Crippen LogP contribution in [0.25, 0.3) is 0 Å². The maximum atomic E-state index is 12.6. The number of hydrogen-bond donors (Lipinski definition) is 1. The minimum Gasteiger partial charge on any atom is -0.426 e. The molecule has 2 amide bonds. The van der Waals surface area contributed by atoms with Gasteiger partial charge in [0.05, 0.1) is 0 Å². The van der Waals surface area contributed by atoms with Crippen molar-refractivity contribution in [3.05, 3.63) is 35.9 Å². The van der Waals surface area contributed by atoms with Crippen LogP contribution in [0, 0.1) is 11.3 Å². The lowest BCUT2D eigenvalue weighted by Crippen LogP contribution is -2.49. The first-order valence-corrected chi connectivity index (χ1v) is 9.33. The van der Waals surface area contributed by atoms with Crippen LogP contribution < -0.4 is 5.32 Å². The van der Waals surface area contributed by atoms with E-state index in [2.05, 4.69) is 10.1 Å². The second-order valence-corrected chi connectivity index (χ2v) is 7.66. The topological polar surface area (TPSA) is 58.6 Å². The molecular weight excluding hydrogens is 418 g/mol. The van der Waals surface area contributed by atoms with Crippen LogP contribution in [0.15, 0.2) is 30.3 Å². The lowest BCUT2D eigenvalue weighted by molar-refractivity contribution is -0.308. The van der Waals surface area contributed by atoms with Crippen molar-refractivity contribution in [2.75, 3.05) is 13.1 Å². The Labute approximate surface area is 168 Å². The van der Waals surface area contributed by atoms with Crippen molar-refractivity contribution < 1.29 is 40.7 Å². The quantitative estimate of drug-likeness (QED) is 0.723. The molecule has 11 heteroatoms. The van der Waals surface area contributed by atoms with Crippen molar-refractivity contribution in [2.45, 2.75) is 44.3 Å². The molecule has 1 spiro atoms. The van der Waals surface area contributed by atoms with Crippen molar-refractivity contribution in [1.82, 2.24) is 10.2 Å². The lowest BCUT2D eigenvalue weighted by Gasteiger charge is -2.33. The maximum absolute atomic E-state index is 12.6. The molecule has 0 unspecified atom stereocenters. The molecule has 3 rings (SSSR count). The number of likely N-dealkylation sites (tertiary alicyclic amines) is 1. The molecule has 0 bridgehead atoms. The van der Waals surface area contributed by atoms with Gasteiger partial charge in [0.2, 0.25) is 5.91 Å². The molecule has 1 aliphatic carbocycles. The van der Waals surface area contributed by atoms with Crippen molar-refractivity contribution in [3.63, 3.8) is 0 Å². The van der Waals surface area contributed by atoms with Crippen molar-refractivity contribution in [2.24, 2.45) is 11.3 Å². The fourth-order valence-corrected chi connectivity index (χ4v) is 3.81. The molecule has 1 aliphatic heterocycles. The van der Waals surface area contributed by atoms with Crippen LogP contribution in [-0.2, 0) is 16.1 Å². The summed E-state index contributed by atoms with van der Waals surface area (Å²) in [5.41, 5.74) is 0.562. The zero-order chi connectivity index (χ0) is 22.2. The van der Waals surface area contributed by atoms with Crippen LogP contribution in [-0.4, -0.2) is 48.4 Å². The highest BCUT2D eigenvalue weighted by Crippen LogP contribution is 2.59. The van der Waals surface area contributed by atoms with Crippen molar-refractivity contribution >= 4 is 12.0 Å². The van der Waals surface area contributed by atoms with Gasteiger partial charge in [-0.15, -0.1) is 0 Å². The molecule has 30 heavy (non-hydrogen) atoms. The molecule has 1 heterocycles. The Hall–Kier alpha value is -2.46. The molecule has 166 valence electrons. The Kier molecular flexibility index (Phi) is 5.92. The number of nitrogens with one attached hydrogen (secondary N) is 1. The molecule has 0 radical (unpaired) electrons. The number of hydrogen-bond acceptors (Lipinski definition) is 3. The molecule has 2 aliphatic rings. The van der Waals surface area contributed by atoms with Gasteiger partial charge < -0.3 is 15.0 Å². The summed E-state index contributed by atoms with van der Waals surface area (Å²) in [4.78, 5) is 25.0. The summed E-state index contributed by atoms with van der Waals surface area (Å²) < 4.78 is 79.0. The lowest BCUT2D eigenvalue weighted by atomic mass is 9.91. The second-order valence-electron chi connectivity index (χ2n) is 7.66. The van der Waals surface area contributed by atoms with E-state index in [1.807, 2.05) is 30.3 Å². The van der Waals surface area contributed by atoms with Crippen LogP contribution >= 0.6 is 0 Å². The number of piperidine rings is 1. The Morgan fingerprint density at radius 2 is 1.63 bits per heavy atom. The highest BCUT2D eigenvalue weighted by atomic mass is 19.4. The van der Waals surface area contributed by atoms with Gasteiger partial charge in [-0.2, -0.15) is 26.3 Å². The summed E-state index contributed by atoms with van der Waals surface area (Å²) in [6.07, 6.45) is -16.1. The molecule has 2 fully saturated rings. The third-order valence-corrected chi connectivity index (χ3v) is 5.65. The largest absolute Gasteiger partial charge is 0.434 e. The monoisotopic (exact) mass is 438 g/mol. The van der Waals surface area contributed by atoms with Gasteiger partial charge in [0.25, 0.3) is 6.10 Å². The number of amides is 2. The maximum Gasteiger partial charge on any atom is 0.434 e. The van der Waals surface area contributed by atoms with Crippen LogP contribution in [0.1, 0.15) is 24.8 Å². The van der Waals surface area contributed by atoms with E-state index < -0.39 is 24.5 Å². The third kappa shape index (κ3) is 4.99. The normalized spacial score (nSPS) is 20.9. The molecular formula is C19H20F6N2O3. The van der Waals surface area contributed by atoms with Gasteiger partial charge >= 0.3 is 18.4 Å². The average Bonchev–Trinajstić information content (AvgIpc) is 3.37.